The van der Waals surface area contributed by atoms with Gasteiger partial charge in [0, 0.05) is 25.8 Å². The molecule has 2 aliphatic heterocycles. The van der Waals surface area contributed by atoms with E-state index >= 15 is 0 Å². The van der Waals surface area contributed by atoms with Crippen molar-refractivity contribution in [3.05, 3.63) is 23.8 Å². The monoisotopic (exact) mass is 356 g/mol. The molecule has 0 spiro atoms. The number of hydrogen-bond donors (Lipinski definition) is 1. The van der Waals surface area contributed by atoms with Crippen LogP contribution in [0.25, 0.3) is 0 Å². The summed E-state index contributed by atoms with van der Waals surface area (Å²) in [6.45, 7) is 2.22. The van der Waals surface area contributed by atoms with Gasteiger partial charge >= 0.3 is 0 Å². The average molecular weight is 357 g/mol. The Labute approximate surface area is 148 Å². The van der Waals surface area contributed by atoms with Gasteiger partial charge in [0.15, 0.2) is 11.5 Å². The number of hydrogen-bond acceptors (Lipinski definition) is 5. The number of halogens is 1. The van der Waals surface area contributed by atoms with Crippen molar-refractivity contribution in [3.8, 4) is 11.5 Å². The number of amides is 1. The maximum atomic E-state index is 12.6. The van der Waals surface area contributed by atoms with Crippen molar-refractivity contribution in [3.63, 3.8) is 0 Å². The van der Waals surface area contributed by atoms with Crippen LogP contribution in [-0.2, 0) is 9.53 Å². The summed E-state index contributed by atoms with van der Waals surface area (Å²) < 4.78 is 16.7. The summed E-state index contributed by atoms with van der Waals surface area (Å²) in [6.07, 6.45) is 2.01. The third kappa shape index (κ3) is 3.77. The highest BCUT2D eigenvalue weighted by Gasteiger charge is 2.34. The van der Waals surface area contributed by atoms with Gasteiger partial charge in [-0.1, -0.05) is 12.1 Å². The van der Waals surface area contributed by atoms with Gasteiger partial charge in [0.25, 0.3) is 0 Å². The molecule has 1 aromatic carbocycles. The van der Waals surface area contributed by atoms with Crippen LogP contribution in [0.1, 0.15) is 30.9 Å². The Morgan fingerprint density at radius 2 is 2.21 bits per heavy atom. The number of para-hydroxylation sites is 1. The molecule has 1 fully saturated rings. The van der Waals surface area contributed by atoms with Gasteiger partial charge < -0.3 is 24.8 Å². The van der Waals surface area contributed by atoms with Crippen LogP contribution in [0, 0.1) is 0 Å². The molecule has 2 N–H and O–H groups in total. The minimum atomic E-state index is -0.229. The summed E-state index contributed by atoms with van der Waals surface area (Å²) in [6, 6.07) is 5.94. The molecule has 2 unspecified atom stereocenters. The number of ether oxygens (including phenoxy) is 3. The molecule has 1 amide bonds. The Bertz CT molecular complexity index is 566. The smallest absolute Gasteiger partial charge is 0.225 e. The van der Waals surface area contributed by atoms with Gasteiger partial charge in [0.1, 0.15) is 13.2 Å². The van der Waals surface area contributed by atoms with Crippen LogP contribution in [0.4, 0.5) is 0 Å². The molecule has 2 atom stereocenters. The molecule has 2 heterocycles. The van der Waals surface area contributed by atoms with Crippen LogP contribution in [0.3, 0.4) is 0 Å². The molecule has 0 aromatic heterocycles. The summed E-state index contributed by atoms with van der Waals surface area (Å²) in [5, 5.41) is 0. The molecule has 3 rings (SSSR count). The molecule has 0 aliphatic carbocycles. The number of nitrogens with zero attached hydrogens (tertiary/aromatic N) is 1. The average Bonchev–Trinajstić information content (AvgIpc) is 3.08. The third-order valence-electron chi connectivity index (χ3n) is 4.53. The SMILES string of the molecule is COC(CN)CC(=O)N1CCCC1c1cccc2c1OCCO2.Cl. The van der Waals surface area contributed by atoms with Gasteiger partial charge in [0.05, 0.1) is 18.6 Å². The maximum absolute atomic E-state index is 12.6. The van der Waals surface area contributed by atoms with Gasteiger partial charge in [0.2, 0.25) is 5.91 Å². The fourth-order valence-electron chi connectivity index (χ4n) is 3.32. The van der Waals surface area contributed by atoms with Crippen molar-refractivity contribution in [2.24, 2.45) is 5.73 Å². The van der Waals surface area contributed by atoms with Crippen LogP contribution >= 0.6 is 12.4 Å². The number of methoxy groups -OCH3 is 1. The van der Waals surface area contributed by atoms with Crippen LogP contribution in [0.15, 0.2) is 18.2 Å². The lowest BCUT2D eigenvalue weighted by Gasteiger charge is -2.29. The first kappa shape index (κ1) is 18.8. The van der Waals surface area contributed by atoms with Gasteiger partial charge in [-0.2, -0.15) is 0 Å². The van der Waals surface area contributed by atoms with Crippen LogP contribution in [0.2, 0.25) is 0 Å². The molecule has 2 aliphatic rings. The summed E-state index contributed by atoms with van der Waals surface area (Å²) >= 11 is 0. The van der Waals surface area contributed by atoms with Gasteiger partial charge in [-0.05, 0) is 18.9 Å². The van der Waals surface area contributed by atoms with Crippen molar-refractivity contribution in [2.75, 3.05) is 33.4 Å². The molecule has 0 saturated carbocycles. The molecule has 0 radical (unpaired) electrons. The van der Waals surface area contributed by atoms with Crippen LogP contribution < -0.4 is 15.2 Å². The quantitative estimate of drug-likeness (QED) is 0.872. The predicted molar refractivity (Wildman–Crippen MR) is 92.8 cm³/mol. The minimum Gasteiger partial charge on any atom is -0.486 e. The van der Waals surface area contributed by atoms with E-state index in [1.54, 1.807) is 7.11 Å². The standard InChI is InChI=1S/C17H24N2O4.ClH/c1-21-12(11-18)10-16(20)19-7-3-5-14(19)13-4-2-6-15-17(13)23-9-8-22-15;/h2,4,6,12,14H,3,5,7-11,18H2,1H3;1H. The number of carbonyl (C=O) groups excluding carboxylic acids is 1. The summed E-state index contributed by atoms with van der Waals surface area (Å²) in [5.74, 6) is 1.63. The first-order valence-corrected chi connectivity index (χ1v) is 8.15. The predicted octanol–water partition coefficient (Wildman–Crippen LogP) is 1.91. The molecule has 1 aromatic rings. The molecule has 7 heteroatoms. The van der Waals surface area contributed by atoms with Crippen molar-refractivity contribution in [1.82, 2.24) is 4.90 Å². The summed E-state index contributed by atoms with van der Waals surface area (Å²) in [5.41, 5.74) is 6.67. The zero-order valence-electron chi connectivity index (χ0n) is 13.9. The Morgan fingerprint density at radius 3 is 2.96 bits per heavy atom. The molecule has 134 valence electrons. The van der Waals surface area contributed by atoms with Crippen molar-refractivity contribution < 1.29 is 19.0 Å². The number of likely N-dealkylation sites (tertiary alicyclic amines) is 1. The normalized spacial score (nSPS) is 20.4. The summed E-state index contributed by atoms with van der Waals surface area (Å²) in [4.78, 5) is 14.6. The van der Waals surface area contributed by atoms with Crippen molar-refractivity contribution >= 4 is 18.3 Å². The van der Waals surface area contributed by atoms with E-state index in [1.807, 2.05) is 23.1 Å². The Balaban J connectivity index is 0.00000208. The van der Waals surface area contributed by atoms with Crippen molar-refractivity contribution in [2.45, 2.75) is 31.4 Å². The highest BCUT2D eigenvalue weighted by molar-refractivity contribution is 5.85. The van der Waals surface area contributed by atoms with E-state index in [9.17, 15) is 4.79 Å². The largest absolute Gasteiger partial charge is 0.486 e. The lowest BCUT2D eigenvalue weighted by molar-refractivity contribution is -0.134. The molecule has 0 bridgehead atoms. The number of carbonyl (C=O) groups is 1. The zero-order chi connectivity index (χ0) is 16.2. The molecule has 1 saturated heterocycles. The summed E-state index contributed by atoms with van der Waals surface area (Å²) in [7, 11) is 1.59. The van der Waals surface area contributed by atoms with Crippen LogP contribution in [0.5, 0.6) is 11.5 Å². The number of nitrogens with two attached hydrogens (primary N) is 1. The van der Waals surface area contributed by atoms with Gasteiger partial charge in [-0.3, -0.25) is 4.79 Å². The fourth-order valence-corrected chi connectivity index (χ4v) is 3.32. The second-order valence-electron chi connectivity index (χ2n) is 5.91. The van der Waals surface area contributed by atoms with E-state index in [1.165, 1.54) is 0 Å². The van der Waals surface area contributed by atoms with E-state index in [-0.39, 0.29) is 30.5 Å². The van der Waals surface area contributed by atoms with E-state index in [0.29, 0.717) is 26.2 Å². The Morgan fingerprint density at radius 1 is 1.42 bits per heavy atom. The topological polar surface area (TPSA) is 74.0 Å². The zero-order valence-corrected chi connectivity index (χ0v) is 14.7. The second-order valence-corrected chi connectivity index (χ2v) is 5.91. The molecule has 6 nitrogen and oxygen atoms in total. The first-order valence-electron chi connectivity index (χ1n) is 8.15. The highest BCUT2D eigenvalue weighted by Crippen LogP contribution is 2.42. The van der Waals surface area contributed by atoms with E-state index in [4.69, 9.17) is 19.9 Å². The molecule has 24 heavy (non-hydrogen) atoms. The van der Waals surface area contributed by atoms with Crippen LogP contribution in [-0.4, -0.2) is 50.3 Å². The van der Waals surface area contributed by atoms with E-state index in [0.717, 1.165) is 36.4 Å². The third-order valence-corrected chi connectivity index (χ3v) is 4.53. The van der Waals surface area contributed by atoms with Crippen molar-refractivity contribution in [1.29, 1.82) is 0 Å². The lowest BCUT2D eigenvalue weighted by atomic mass is 10.0. The maximum Gasteiger partial charge on any atom is 0.225 e. The van der Waals surface area contributed by atoms with E-state index in [2.05, 4.69) is 0 Å². The number of rotatable bonds is 5. The van der Waals surface area contributed by atoms with E-state index < -0.39 is 0 Å². The van der Waals surface area contributed by atoms with Gasteiger partial charge in [-0.15, -0.1) is 12.4 Å². The first-order chi connectivity index (χ1) is 11.2. The Kier molecular flexibility index (Phi) is 6.71. The fraction of sp³-hybridized carbons (Fsp3) is 0.588. The lowest BCUT2D eigenvalue weighted by Crippen LogP contribution is -2.36. The second kappa shape index (κ2) is 8.55. The minimum absolute atomic E-state index is 0. The Hall–Kier alpha value is -1.50. The van der Waals surface area contributed by atoms with Gasteiger partial charge in [-0.25, -0.2) is 0 Å². The number of benzene rings is 1. The molecular weight excluding hydrogens is 332 g/mol. The molecular formula is C17H25ClN2O4. The number of fused-ring (bicyclic) bond motifs is 1. The highest BCUT2D eigenvalue weighted by atomic mass is 35.5.